The van der Waals surface area contributed by atoms with E-state index in [2.05, 4.69) is 45.9 Å². The number of carboxylic acid groups (broad SMARTS) is 1. The van der Waals surface area contributed by atoms with Crippen LogP contribution in [-0.2, 0) is 11.2 Å². The van der Waals surface area contributed by atoms with Gasteiger partial charge in [0.2, 0.25) is 0 Å². The molecule has 1 heterocycles. The number of fused-ring (bicyclic) bond motifs is 1. The zero-order valence-electron chi connectivity index (χ0n) is 12.5. The minimum Gasteiger partial charge on any atom is -0.481 e. The van der Waals surface area contributed by atoms with Gasteiger partial charge < -0.3 is 5.11 Å². The molecule has 2 rings (SSSR count). The normalized spacial score (nSPS) is 11.2. The first-order chi connectivity index (χ1) is 9.38. The van der Waals surface area contributed by atoms with Crippen molar-refractivity contribution in [3.63, 3.8) is 0 Å². The molecule has 20 heavy (non-hydrogen) atoms. The fraction of sp³-hybridized carbons (Fsp3) is 0.412. The van der Waals surface area contributed by atoms with E-state index in [1.807, 2.05) is 0 Å². The molecule has 0 saturated heterocycles. The third kappa shape index (κ3) is 2.98. The van der Waals surface area contributed by atoms with Crippen LogP contribution >= 0.6 is 0 Å². The zero-order valence-corrected chi connectivity index (χ0v) is 12.5. The Bertz CT molecular complexity index is 660. The molecule has 0 unspecified atom stereocenters. The van der Waals surface area contributed by atoms with E-state index in [-0.39, 0.29) is 6.42 Å². The Hall–Kier alpha value is -1.90. The van der Waals surface area contributed by atoms with Crippen molar-refractivity contribution in [2.24, 2.45) is 0 Å². The summed E-state index contributed by atoms with van der Waals surface area (Å²) in [5, 5.41) is 10.0. The van der Waals surface area contributed by atoms with Gasteiger partial charge in [0.15, 0.2) is 0 Å². The van der Waals surface area contributed by atoms with Crippen molar-refractivity contribution < 1.29 is 9.90 Å². The number of rotatable bonds is 4. The third-order valence-corrected chi connectivity index (χ3v) is 3.55. The van der Waals surface area contributed by atoms with Gasteiger partial charge in [-0.1, -0.05) is 19.9 Å². The molecular weight excluding hydrogens is 250 g/mol. The van der Waals surface area contributed by atoms with Crippen LogP contribution in [0.4, 0.5) is 0 Å². The van der Waals surface area contributed by atoms with E-state index in [0.29, 0.717) is 12.3 Å². The maximum Gasteiger partial charge on any atom is 0.303 e. The van der Waals surface area contributed by atoms with E-state index in [9.17, 15) is 4.79 Å². The second-order valence-corrected chi connectivity index (χ2v) is 5.73. The molecule has 2 aromatic rings. The maximum absolute atomic E-state index is 10.9. The van der Waals surface area contributed by atoms with E-state index < -0.39 is 5.97 Å². The number of hydrogen-bond acceptors (Lipinski definition) is 2. The fourth-order valence-electron chi connectivity index (χ4n) is 2.61. The van der Waals surface area contributed by atoms with E-state index >= 15 is 0 Å². The molecule has 0 radical (unpaired) electrons. The molecule has 0 aliphatic rings. The van der Waals surface area contributed by atoms with Crippen LogP contribution in [0, 0.1) is 13.8 Å². The molecule has 1 aromatic heterocycles. The summed E-state index contributed by atoms with van der Waals surface area (Å²) >= 11 is 0. The number of pyridine rings is 1. The Morgan fingerprint density at radius 1 is 1.25 bits per heavy atom. The summed E-state index contributed by atoms with van der Waals surface area (Å²) in [4.78, 5) is 15.6. The molecule has 0 aliphatic carbocycles. The van der Waals surface area contributed by atoms with Crippen LogP contribution in [-0.4, -0.2) is 16.1 Å². The Labute approximate surface area is 119 Å². The van der Waals surface area contributed by atoms with Crippen LogP contribution in [0.2, 0.25) is 0 Å². The Morgan fingerprint density at radius 3 is 2.55 bits per heavy atom. The van der Waals surface area contributed by atoms with Gasteiger partial charge in [-0.25, -0.2) is 0 Å². The Balaban J connectivity index is 2.64. The smallest absolute Gasteiger partial charge is 0.303 e. The Morgan fingerprint density at radius 2 is 1.95 bits per heavy atom. The van der Waals surface area contributed by atoms with Crippen molar-refractivity contribution in [3.05, 3.63) is 40.6 Å². The summed E-state index contributed by atoms with van der Waals surface area (Å²) in [6, 6.07) is 6.28. The first-order valence-electron chi connectivity index (χ1n) is 7.01. The van der Waals surface area contributed by atoms with Crippen molar-refractivity contribution in [3.8, 4) is 0 Å². The van der Waals surface area contributed by atoms with Crippen LogP contribution in [0.3, 0.4) is 0 Å². The van der Waals surface area contributed by atoms with Gasteiger partial charge in [0.1, 0.15) is 0 Å². The van der Waals surface area contributed by atoms with Gasteiger partial charge in [0.05, 0.1) is 5.52 Å². The molecule has 0 fully saturated rings. The summed E-state index contributed by atoms with van der Waals surface area (Å²) in [5.74, 6) is -0.422. The number of carboxylic acids is 1. The molecule has 0 spiro atoms. The van der Waals surface area contributed by atoms with E-state index in [1.54, 1.807) is 0 Å². The highest BCUT2D eigenvalue weighted by Gasteiger charge is 2.12. The molecule has 1 aromatic carbocycles. The molecule has 3 heteroatoms. The first kappa shape index (κ1) is 14.5. The number of carbonyl (C=O) groups is 1. The molecule has 106 valence electrons. The van der Waals surface area contributed by atoms with Crippen molar-refractivity contribution in [2.75, 3.05) is 0 Å². The maximum atomic E-state index is 10.9. The molecule has 3 nitrogen and oxygen atoms in total. The summed E-state index contributed by atoms with van der Waals surface area (Å²) < 4.78 is 0. The first-order valence-corrected chi connectivity index (χ1v) is 7.01. The van der Waals surface area contributed by atoms with Gasteiger partial charge >= 0.3 is 5.97 Å². The quantitative estimate of drug-likeness (QED) is 0.914. The average molecular weight is 271 g/mol. The zero-order chi connectivity index (χ0) is 14.9. The predicted octanol–water partition coefficient (Wildman–Crippen LogP) is 3.99. The van der Waals surface area contributed by atoms with Gasteiger partial charge in [0.25, 0.3) is 0 Å². The molecule has 0 aliphatic heterocycles. The minimum atomic E-state index is -0.758. The monoisotopic (exact) mass is 271 g/mol. The number of aliphatic carboxylic acids is 1. The lowest BCUT2D eigenvalue weighted by Gasteiger charge is -2.14. The molecular formula is C17H21NO2. The average Bonchev–Trinajstić information content (AvgIpc) is 2.34. The summed E-state index contributed by atoms with van der Waals surface area (Å²) in [6.07, 6.45) is 0.710. The minimum absolute atomic E-state index is 0.157. The van der Waals surface area contributed by atoms with Gasteiger partial charge in [-0.2, -0.15) is 0 Å². The predicted molar refractivity (Wildman–Crippen MR) is 81.3 cm³/mol. The fourth-order valence-corrected chi connectivity index (χ4v) is 2.61. The molecule has 0 amide bonds. The number of nitrogens with zero attached hydrogens (tertiary/aromatic N) is 1. The number of aryl methyl sites for hydroxylation is 3. The number of benzene rings is 1. The van der Waals surface area contributed by atoms with Gasteiger partial charge in [-0.3, -0.25) is 9.78 Å². The van der Waals surface area contributed by atoms with Crippen LogP contribution in [0.5, 0.6) is 0 Å². The highest BCUT2D eigenvalue weighted by atomic mass is 16.4. The SMILES string of the molecule is Cc1cc(C)c2c(CCC(=O)O)cc(C(C)C)nc2c1. The summed E-state index contributed by atoms with van der Waals surface area (Å²) in [5.41, 5.74) is 5.46. The van der Waals surface area contributed by atoms with E-state index in [1.165, 1.54) is 11.1 Å². The van der Waals surface area contributed by atoms with Gasteiger partial charge in [0, 0.05) is 17.5 Å². The molecule has 0 atom stereocenters. The second-order valence-electron chi connectivity index (χ2n) is 5.73. The molecule has 0 saturated carbocycles. The van der Waals surface area contributed by atoms with Crippen LogP contribution in [0.1, 0.15) is 48.6 Å². The van der Waals surface area contributed by atoms with E-state index in [0.717, 1.165) is 22.2 Å². The van der Waals surface area contributed by atoms with Crippen molar-refractivity contribution in [1.29, 1.82) is 0 Å². The lowest BCUT2D eigenvalue weighted by molar-refractivity contribution is -0.136. The van der Waals surface area contributed by atoms with Crippen molar-refractivity contribution in [2.45, 2.75) is 46.5 Å². The second kappa shape index (κ2) is 5.61. The number of aromatic nitrogens is 1. The lowest BCUT2D eigenvalue weighted by atomic mass is 9.96. The summed E-state index contributed by atoms with van der Waals surface area (Å²) in [7, 11) is 0. The van der Waals surface area contributed by atoms with Crippen molar-refractivity contribution >= 4 is 16.9 Å². The largest absolute Gasteiger partial charge is 0.481 e. The topological polar surface area (TPSA) is 50.2 Å². The Kier molecular flexibility index (Phi) is 4.07. The third-order valence-electron chi connectivity index (χ3n) is 3.55. The van der Waals surface area contributed by atoms with Gasteiger partial charge in [-0.15, -0.1) is 0 Å². The van der Waals surface area contributed by atoms with Crippen LogP contribution < -0.4 is 0 Å². The highest BCUT2D eigenvalue weighted by molar-refractivity contribution is 5.87. The van der Waals surface area contributed by atoms with Crippen molar-refractivity contribution in [1.82, 2.24) is 4.98 Å². The molecule has 1 N–H and O–H groups in total. The van der Waals surface area contributed by atoms with Crippen LogP contribution in [0.15, 0.2) is 18.2 Å². The van der Waals surface area contributed by atoms with Gasteiger partial charge in [-0.05, 0) is 55.0 Å². The number of hydrogen-bond donors (Lipinski definition) is 1. The lowest BCUT2D eigenvalue weighted by Crippen LogP contribution is -2.03. The van der Waals surface area contributed by atoms with Crippen LogP contribution in [0.25, 0.3) is 10.9 Å². The summed E-state index contributed by atoms with van der Waals surface area (Å²) in [6.45, 7) is 8.35. The van der Waals surface area contributed by atoms with E-state index in [4.69, 9.17) is 10.1 Å². The highest BCUT2D eigenvalue weighted by Crippen LogP contribution is 2.27. The standard InChI is InChI=1S/C17H21NO2/c1-10(2)14-9-13(5-6-16(19)20)17-12(4)7-11(3)8-15(17)18-14/h7-10H,5-6H2,1-4H3,(H,19,20). The molecule has 0 bridgehead atoms.